The number of hydrogen-bond acceptors (Lipinski definition) is 5. The van der Waals surface area contributed by atoms with E-state index in [1.165, 1.54) is 13.8 Å². The summed E-state index contributed by atoms with van der Waals surface area (Å²) in [6, 6.07) is 8.38. The van der Waals surface area contributed by atoms with Gasteiger partial charge >= 0.3 is 5.97 Å². The molecule has 1 rings (SSSR count). The second-order valence-corrected chi connectivity index (χ2v) is 4.69. The Bertz CT molecular complexity index is 526. The molecule has 0 atom stereocenters. The highest BCUT2D eigenvalue weighted by Gasteiger charge is 2.37. The second-order valence-electron chi connectivity index (χ2n) is 4.69. The standard InChI is InChI=1S/C15H17NO4/c1-4-19-14(18)15(2,3)13(17)10-20-12-7-5-11(9-16)6-8-12/h5-8H,4,10H2,1-3H3. The van der Waals surface area contributed by atoms with Crippen LogP contribution in [0.15, 0.2) is 24.3 Å². The average Bonchev–Trinajstić information content (AvgIpc) is 2.45. The van der Waals surface area contributed by atoms with Crippen LogP contribution >= 0.6 is 0 Å². The lowest BCUT2D eigenvalue weighted by Crippen LogP contribution is -2.38. The number of nitrogens with zero attached hydrogens (tertiary/aromatic N) is 1. The van der Waals surface area contributed by atoms with Gasteiger partial charge in [0, 0.05) is 0 Å². The van der Waals surface area contributed by atoms with Crippen molar-refractivity contribution < 1.29 is 19.1 Å². The Morgan fingerprint density at radius 3 is 2.35 bits per heavy atom. The molecule has 1 aromatic carbocycles. The molecule has 0 heterocycles. The third-order valence-electron chi connectivity index (χ3n) is 2.84. The van der Waals surface area contributed by atoms with Gasteiger partial charge in [-0.2, -0.15) is 5.26 Å². The fourth-order valence-electron chi connectivity index (χ4n) is 1.38. The first kappa shape index (κ1) is 15.7. The van der Waals surface area contributed by atoms with Crippen molar-refractivity contribution in [2.45, 2.75) is 20.8 Å². The maximum atomic E-state index is 12.0. The zero-order chi connectivity index (χ0) is 15.2. The molecule has 0 radical (unpaired) electrons. The van der Waals surface area contributed by atoms with Gasteiger partial charge in [0.2, 0.25) is 0 Å². The summed E-state index contributed by atoms with van der Waals surface area (Å²) < 4.78 is 10.2. The molecule has 0 unspecified atom stereocenters. The molecule has 0 aromatic heterocycles. The summed E-state index contributed by atoms with van der Waals surface area (Å²) in [6.45, 7) is 4.71. The molecule has 0 amide bonds. The number of ether oxygens (including phenoxy) is 2. The monoisotopic (exact) mass is 275 g/mol. The van der Waals surface area contributed by atoms with E-state index in [1.54, 1.807) is 31.2 Å². The lowest BCUT2D eigenvalue weighted by Gasteiger charge is -2.20. The Balaban J connectivity index is 2.62. The first-order chi connectivity index (χ1) is 9.41. The van der Waals surface area contributed by atoms with Crippen LogP contribution in [0.5, 0.6) is 5.75 Å². The number of Topliss-reactive ketones (excluding diaryl/α,β-unsaturated/α-hetero) is 1. The van der Waals surface area contributed by atoms with E-state index in [0.717, 1.165) is 0 Å². The van der Waals surface area contributed by atoms with Crippen LogP contribution in [0.4, 0.5) is 0 Å². The van der Waals surface area contributed by atoms with E-state index in [0.29, 0.717) is 11.3 Å². The molecule has 0 aliphatic carbocycles. The summed E-state index contributed by atoms with van der Waals surface area (Å²) in [5, 5.41) is 8.67. The van der Waals surface area contributed by atoms with Gasteiger partial charge in [0.1, 0.15) is 17.8 Å². The van der Waals surface area contributed by atoms with E-state index < -0.39 is 11.4 Å². The van der Waals surface area contributed by atoms with Crippen LogP contribution in [0, 0.1) is 16.7 Å². The van der Waals surface area contributed by atoms with Crippen LogP contribution in [0.2, 0.25) is 0 Å². The van der Waals surface area contributed by atoms with Crippen LogP contribution < -0.4 is 4.74 Å². The summed E-state index contributed by atoms with van der Waals surface area (Å²) in [7, 11) is 0. The third-order valence-corrected chi connectivity index (χ3v) is 2.84. The molecule has 0 aliphatic rings. The number of benzene rings is 1. The molecule has 1 aromatic rings. The van der Waals surface area contributed by atoms with Crippen molar-refractivity contribution in [1.82, 2.24) is 0 Å². The Morgan fingerprint density at radius 1 is 1.25 bits per heavy atom. The molecule has 0 N–H and O–H groups in total. The number of ketones is 1. The van der Waals surface area contributed by atoms with Crippen LogP contribution in [-0.4, -0.2) is 25.0 Å². The average molecular weight is 275 g/mol. The van der Waals surface area contributed by atoms with Crippen LogP contribution in [0.3, 0.4) is 0 Å². The molecule has 0 aliphatic heterocycles. The molecule has 0 bridgehead atoms. The van der Waals surface area contributed by atoms with Crippen LogP contribution in [0.1, 0.15) is 26.3 Å². The highest BCUT2D eigenvalue weighted by atomic mass is 16.5. The number of hydrogen-bond donors (Lipinski definition) is 0. The minimum Gasteiger partial charge on any atom is -0.486 e. The molecule has 20 heavy (non-hydrogen) atoms. The highest BCUT2D eigenvalue weighted by molar-refractivity contribution is 6.03. The lowest BCUT2D eigenvalue weighted by molar-refractivity contribution is -0.158. The first-order valence-electron chi connectivity index (χ1n) is 6.25. The van der Waals surface area contributed by atoms with Crippen molar-refractivity contribution in [3.63, 3.8) is 0 Å². The lowest BCUT2D eigenvalue weighted by atomic mass is 9.88. The largest absolute Gasteiger partial charge is 0.486 e. The Labute approximate surface area is 118 Å². The molecule has 0 saturated carbocycles. The van der Waals surface area contributed by atoms with E-state index in [1.807, 2.05) is 6.07 Å². The fraction of sp³-hybridized carbons (Fsp3) is 0.400. The number of esters is 1. The van der Waals surface area contributed by atoms with Gasteiger partial charge in [-0.05, 0) is 45.0 Å². The predicted molar refractivity (Wildman–Crippen MR) is 72.1 cm³/mol. The van der Waals surface area contributed by atoms with E-state index in [-0.39, 0.29) is 19.0 Å². The molecule has 0 fully saturated rings. The SMILES string of the molecule is CCOC(=O)C(C)(C)C(=O)COc1ccc(C#N)cc1. The molecular formula is C15H17NO4. The van der Waals surface area contributed by atoms with Gasteiger partial charge < -0.3 is 9.47 Å². The van der Waals surface area contributed by atoms with Gasteiger partial charge in [0.05, 0.1) is 18.2 Å². The maximum absolute atomic E-state index is 12.0. The minimum atomic E-state index is -1.23. The van der Waals surface area contributed by atoms with Gasteiger partial charge in [-0.15, -0.1) is 0 Å². The summed E-state index contributed by atoms with van der Waals surface area (Å²) in [5.74, 6) is -0.453. The Morgan fingerprint density at radius 2 is 1.85 bits per heavy atom. The maximum Gasteiger partial charge on any atom is 0.319 e. The molecule has 0 saturated heterocycles. The van der Waals surface area contributed by atoms with Crippen molar-refractivity contribution in [3.05, 3.63) is 29.8 Å². The number of rotatable bonds is 6. The number of carbonyl (C=O) groups excluding carboxylic acids is 2. The predicted octanol–water partition coefficient (Wildman–Crippen LogP) is 2.10. The van der Waals surface area contributed by atoms with Crippen LogP contribution in [-0.2, 0) is 14.3 Å². The highest BCUT2D eigenvalue weighted by Crippen LogP contribution is 2.20. The molecule has 5 nitrogen and oxygen atoms in total. The van der Waals surface area contributed by atoms with E-state index >= 15 is 0 Å². The molecule has 106 valence electrons. The van der Waals surface area contributed by atoms with Gasteiger partial charge in [0.15, 0.2) is 5.78 Å². The fourth-order valence-corrected chi connectivity index (χ4v) is 1.38. The van der Waals surface area contributed by atoms with E-state index in [2.05, 4.69) is 0 Å². The van der Waals surface area contributed by atoms with Gasteiger partial charge in [0.25, 0.3) is 0 Å². The topological polar surface area (TPSA) is 76.4 Å². The normalized spacial score (nSPS) is 10.5. The smallest absolute Gasteiger partial charge is 0.319 e. The van der Waals surface area contributed by atoms with Crippen molar-refractivity contribution in [2.75, 3.05) is 13.2 Å². The van der Waals surface area contributed by atoms with E-state index in [9.17, 15) is 9.59 Å². The van der Waals surface area contributed by atoms with E-state index in [4.69, 9.17) is 14.7 Å². The van der Waals surface area contributed by atoms with Crippen molar-refractivity contribution in [2.24, 2.45) is 5.41 Å². The third kappa shape index (κ3) is 3.82. The van der Waals surface area contributed by atoms with Gasteiger partial charge in [-0.25, -0.2) is 0 Å². The summed E-state index contributed by atoms with van der Waals surface area (Å²) in [4.78, 5) is 23.7. The van der Waals surface area contributed by atoms with Crippen molar-refractivity contribution in [3.8, 4) is 11.8 Å². The number of carbonyl (C=O) groups is 2. The van der Waals surface area contributed by atoms with Crippen molar-refractivity contribution >= 4 is 11.8 Å². The molecule has 5 heteroatoms. The Kier molecular flexibility index (Phi) is 5.27. The zero-order valence-corrected chi connectivity index (χ0v) is 11.8. The van der Waals surface area contributed by atoms with Crippen LogP contribution in [0.25, 0.3) is 0 Å². The second kappa shape index (κ2) is 6.71. The quantitative estimate of drug-likeness (QED) is 0.587. The summed E-state index contributed by atoms with van der Waals surface area (Å²) in [5.41, 5.74) is -0.724. The Hall–Kier alpha value is -2.35. The zero-order valence-electron chi connectivity index (χ0n) is 11.8. The first-order valence-corrected chi connectivity index (χ1v) is 6.25. The van der Waals surface area contributed by atoms with Gasteiger partial charge in [-0.3, -0.25) is 9.59 Å². The van der Waals surface area contributed by atoms with Gasteiger partial charge in [-0.1, -0.05) is 0 Å². The number of nitriles is 1. The summed E-state index contributed by atoms with van der Waals surface area (Å²) in [6.07, 6.45) is 0. The summed E-state index contributed by atoms with van der Waals surface area (Å²) >= 11 is 0. The molecular weight excluding hydrogens is 258 g/mol. The molecule has 0 spiro atoms. The minimum absolute atomic E-state index is 0.224. The van der Waals surface area contributed by atoms with Crippen molar-refractivity contribution in [1.29, 1.82) is 5.26 Å².